The quantitative estimate of drug-likeness (QED) is 0.503. The SMILES string of the molecule is CCCCCC(=O)C(C)CCCCC. The highest BCUT2D eigenvalue weighted by atomic mass is 16.1. The summed E-state index contributed by atoms with van der Waals surface area (Å²) in [6.07, 6.45) is 9.14. The van der Waals surface area contributed by atoms with Crippen LogP contribution in [-0.2, 0) is 4.79 Å². The molecule has 0 aromatic heterocycles. The molecule has 1 unspecified atom stereocenters. The van der Waals surface area contributed by atoms with Crippen molar-refractivity contribution in [2.45, 2.75) is 72.1 Å². The Bertz CT molecular complexity index is 140. The van der Waals surface area contributed by atoms with Crippen molar-refractivity contribution in [3.8, 4) is 0 Å². The summed E-state index contributed by atoms with van der Waals surface area (Å²) in [5.41, 5.74) is 0. The summed E-state index contributed by atoms with van der Waals surface area (Å²) in [6.45, 7) is 6.47. The van der Waals surface area contributed by atoms with Crippen molar-refractivity contribution >= 4 is 5.78 Å². The zero-order chi connectivity index (χ0) is 10.8. The van der Waals surface area contributed by atoms with Crippen LogP contribution >= 0.6 is 0 Å². The van der Waals surface area contributed by atoms with Crippen LogP contribution in [0.3, 0.4) is 0 Å². The molecule has 0 aromatic carbocycles. The first kappa shape index (κ1) is 13.7. The van der Waals surface area contributed by atoms with Crippen LogP contribution in [0.4, 0.5) is 0 Å². The first-order valence-corrected chi connectivity index (χ1v) is 6.25. The molecule has 0 aliphatic heterocycles. The summed E-state index contributed by atoms with van der Waals surface area (Å²) in [5, 5.41) is 0. The van der Waals surface area contributed by atoms with E-state index in [4.69, 9.17) is 0 Å². The molecule has 0 N–H and O–H groups in total. The fourth-order valence-corrected chi connectivity index (χ4v) is 1.66. The van der Waals surface area contributed by atoms with E-state index in [2.05, 4.69) is 20.8 Å². The average molecular weight is 198 g/mol. The minimum Gasteiger partial charge on any atom is -0.299 e. The molecule has 0 bridgehead atoms. The van der Waals surface area contributed by atoms with E-state index in [1.807, 2.05) is 0 Å². The second-order valence-electron chi connectivity index (χ2n) is 4.32. The van der Waals surface area contributed by atoms with Gasteiger partial charge < -0.3 is 0 Å². The van der Waals surface area contributed by atoms with Gasteiger partial charge in [-0.3, -0.25) is 4.79 Å². The largest absolute Gasteiger partial charge is 0.299 e. The zero-order valence-electron chi connectivity index (χ0n) is 10.1. The van der Waals surface area contributed by atoms with Gasteiger partial charge in [-0.2, -0.15) is 0 Å². The third-order valence-corrected chi connectivity index (χ3v) is 2.82. The van der Waals surface area contributed by atoms with Gasteiger partial charge in [-0.1, -0.05) is 52.9 Å². The minimum absolute atomic E-state index is 0.304. The molecular formula is C13H26O. The molecule has 0 spiro atoms. The Kier molecular flexibility index (Phi) is 9.02. The lowest BCUT2D eigenvalue weighted by Crippen LogP contribution is -2.10. The Labute approximate surface area is 89.3 Å². The van der Waals surface area contributed by atoms with Crippen LogP contribution in [0, 0.1) is 5.92 Å². The molecule has 1 nitrogen and oxygen atoms in total. The molecule has 0 radical (unpaired) electrons. The van der Waals surface area contributed by atoms with Crippen LogP contribution in [0.25, 0.3) is 0 Å². The molecule has 0 fully saturated rings. The Morgan fingerprint density at radius 2 is 1.57 bits per heavy atom. The number of carbonyl (C=O) groups is 1. The number of hydrogen-bond donors (Lipinski definition) is 0. The smallest absolute Gasteiger partial charge is 0.135 e. The number of rotatable bonds is 9. The lowest BCUT2D eigenvalue weighted by atomic mass is 9.95. The Hall–Kier alpha value is -0.330. The number of carbonyl (C=O) groups excluding carboxylic acids is 1. The molecule has 0 aromatic rings. The van der Waals surface area contributed by atoms with Gasteiger partial charge >= 0.3 is 0 Å². The van der Waals surface area contributed by atoms with Gasteiger partial charge in [-0.05, 0) is 12.8 Å². The van der Waals surface area contributed by atoms with Crippen LogP contribution in [0.2, 0.25) is 0 Å². The summed E-state index contributed by atoms with van der Waals surface area (Å²) in [4.78, 5) is 11.6. The molecule has 0 amide bonds. The van der Waals surface area contributed by atoms with Gasteiger partial charge in [-0.25, -0.2) is 0 Å². The molecule has 14 heavy (non-hydrogen) atoms. The zero-order valence-corrected chi connectivity index (χ0v) is 10.1. The number of Topliss-reactive ketones (excluding diaryl/α,β-unsaturated/α-hetero) is 1. The van der Waals surface area contributed by atoms with Gasteiger partial charge in [0.05, 0.1) is 0 Å². The highest BCUT2D eigenvalue weighted by Crippen LogP contribution is 2.13. The lowest BCUT2D eigenvalue weighted by molar-refractivity contribution is -0.122. The van der Waals surface area contributed by atoms with E-state index < -0.39 is 0 Å². The van der Waals surface area contributed by atoms with E-state index in [1.54, 1.807) is 0 Å². The fourth-order valence-electron chi connectivity index (χ4n) is 1.66. The van der Waals surface area contributed by atoms with E-state index in [-0.39, 0.29) is 0 Å². The van der Waals surface area contributed by atoms with E-state index in [0.29, 0.717) is 11.7 Å². The van der Waals surface area contributed by atoms with Crippen LogP contribution < -0.4 is 0 Å². The van der Waals surface area contributed by atoms with Gasteiger partial charge in [-0.15, -0.1) is 0 Å². The summed E-state index contributed by atoms with van der Waals surface area (Å²) >= 11 is 0. The standard InChI is InChI=1S/C13H26O/c1-4-6-8-10-12(3)13(14)11-9-7-5-2/h12H,4-11H2,1-3H3. The Balaban J connectivity index is 3.44. The molecule has 0 rings (SSSR count). The third-order valence-electron chi connectivity index (χ3n) is 2.82. The highest BCUT2D eigenvalue weighted by Gasteiger charge is 2.11. The van der Waals surface area contributed by atoms with Gasteiger partial charge in [0.15, 0.2) is 0 Å². The van der Waals surface area contributed by atoms with E-state index >= 15 is 0 Å². The molecule has 0 aliphatic carbocycles. The maximum absolute atomic E-state index is 11.6. The molecule has 0 heterocycles. The molecule has 1 heteroatoms. The van der Waals surface area contributed by atoms with Gasteiger partial charge in [0.2, 0.25) is 0 Å². The number of ketones is 1. The third kappa shape index (κ3) is 7.11. The first-order chi connectivity index (χ1) is 6.72. The predicted molar refractivity (Wildman–Crippen MR) is 62.5 cm³/mol. The summed E-state index contributed by atoms with van der Waals surface area (Å²) in [7, 11) is 0. The lowest BCUT2D eigenvalue weighted by Gasteiger charge is -2.09. The van der Waals surface area contributed by atoms with Crippen LogP contribution in [0.15, 0.2) is 0 Å². The van der Waals surface area contributed by atoms with Gasteiger partial charge in [0.25, 0.3) is 0 Å². The molecule has 0 saturated carbocycles. The van der Waals surface area contributed by atoms with Gasteiger partial charge in [0.1, 0.15) is 5.78 Å². The van der Waals surface area contributed by atoms with Crippen molar-refractivity contribution in [3.05, 3.63) is 0 Å². The molecule has 84 valence electrons. The second-order valence-corrected chi connectivity index (χ2v) is 4.32. The fraction of sp³-hybridized carbons (Fsp3) is 0.923. The van der Waals surface area contributed by atoms with Crippen LogP contribution in [0.1, 0.15) is 72.1 Å². The normalized spacial score (nSPS) is 12.8. The predicted octanol–water partition coefficient (Wildman–Crippen LogP) is 4.35. The maximum Gasteiger partial charge on any atom is 0.135 e. The van der Waals surface area contributed by atoms with Crippen LogP contribution in [0.5, 0.6) is 0 Å². The van der Waals surface area contributed by atoms with Crippen molar-refractivity contribution in [1.82, 2.24) is 0 Å². The molecule has 0 aliphatic rings. The van der Waals surface area contributed by atoms with E-state index in [9.17, 15) is 4.79 Å². The number of unbranched alkanes of at least 4 members (excludes halogenated alkanes) is 4. The van der Waals surface area contributed by atoms with Crippen molar-refractivity contribution in [3.63, 3.8) is 0 Å². The summed E-state index contributed by atoms with van der Waals surface area (Å²) in [6, 6.07) is 0. The van der Waals surface area contributed by atoms with E-state index in [1.165, 1.54) is 32.1 Å². The second kappa shape index (κ2) is 9.23. The summed E-state index contributed by atoms with van der Waals surface area (Å²) < 4.78 is 0. The topological polar surface area (TPSA) is 17.1 Å². The molecule has 0 saturated heterocycles. The van der Waals surface area contributed by atoms with Crippen LogP contribution in [-0.4, -0.2) is 5.78 Å². The minimum atomic E-state index is 0.304. The Morgan fingerprint density at radius 1 is 1.00 bits per heavy atom. The highest BCUT2D eigenvalue weighted by molar-refractivity contribution is 5.80. The monoisotopic (exact) mass is 198 g/mol. The molecule has 1 atom stereocenters. The maximum atomic E-state index is 11.6. The van der Waals surface area contributed by atoms with Crippen molar-refractivity contribution < 1.29 is 4.79 Å². The van der Waals surface area contributed by atoms with Gasteiger partial charge in [0, 0.05) is 12.3 Å². The Morgan fingerprint density at radius 3 is 2.14 bits per heavy atom. The van der Waals surface area contributed by atoms with Crippen molar-refractivity contribution in [2.75, 3.05) is 0 Å². The van der Waals surface area contributed by atoms with E-state index in [0.717, 1.165) is 19.3 Å². The first-order valence-electron chi connectivity index (χ1n) is 6.25. The average Bonchev–Trinajstić information content (AvgIpc) is 2.18. The summed E-state index contributed by atoms with van der Waals surface area (Å²) in [5.74, 6) is 0.785. The van der Waals surface area contributed by atoms with Crippen molar-refractivity contribution in [1.29, 1.82) is 0 Å². The van der Waals surface area contributed by atoms with Crippen molar-refractivity contribution in [2.24, 2.45) is 5.92 Å². The number of hydrogen-bond acceptors (Lipinski definition) is 1. The molecular weight excluding hydrogens is 172 g/mol.